The molecule has 0 saturated carbocycles. The van der Waals surface area contributed by atoms with E-state index < -0.39 is 0 Å². The topological polar surface area (TPSA) is 0 Å². The lowest BCUT2D eigenvalue weighted by Gasteiger charge is -2.09. The van der Waals surface area contributed by atoms with Crippen LogP contribution in [0.4, 0.5) is 0 Å². The first-order valence-electron chi connectivity index (χ1n) is 5.68. The summed E-state index contributed by atoms with van der Waals surface area (Å²) < 4.78 is 0. The van der Waals surface area contributed by atoms with Gasteiger partial charge in [0, 0.05) is 19.8 Å². The van der Waals surface area contributed by atoms with Crippen LogP contribution in [0.5, 0.6) is 0 Å². The van der Waals surface area contributed by atoms with Crippen LogP contribution >= 0.6 is 35.0 Å². The second-order valence-electron chi connectivity index (χ2n) is 4.38. The molecule has 0 aliphatic rings. The minimum atomic E-state index is 0.717. The molecule has 2 aromatic rings. The van der Waals surface area contributed by atoms with Crippen LogP contribution in [0, 0.1) is 20.8 Å². The molecular weight excluding hydrogens is 283 g/mol. The molecule has 0 radical (unpaired) electrons. The molecule has 0 amide bonds. The minimum Gasteiger partial charge on any atom is -0.0897 e. The third kappa shape index (κ3) is 3.03. The molecule has 0 spiro atoms. The Morgan fingerprint density at radius 1 is 0.889 bits per heavy atom. The van der Waals surface area contributed by atoms with E-state index in [1.54, 1.807) is 11.8 Å². The number of benzene rings is 2. The molecule has 0 aliphatic heterocycles. The molecule has 0 aromatic heterocycles. The van der Waals surface area contributed by atoms with Crippen molar-refractivity contribution in [2.45, 2.75) is 30.6 Å². The summed E-state index contributed by atoms with van der Waals surface area (Å²) in [5, 5.41) is 1.43. The fourth-order valence-electron chi connectivity index (χ4n) is 1.72. The molecule has 0 N–H and O–H groups in total. The van der Waals surface area contributed by atoms with Gasteiger partial charge in [0.05, 0.1) is 0 Å². The van der Waals surface area contributed by atoms with Gasteiger partial charge in [-0.1, -0.05) is 52.7 Å². The second kappa shape index (κ2) is 5.56. The zero-order chi connectivity index (χ0) is 13.3. The molecule has 0 atom stereocenters. The zero-order valence-corrected chi connectivity index (χ0v) is 12.9. The van der Waals surface area contributed by atoms with Crippen molar-refractivity contribution >= 4 is 35.0 Å². The number of hydrogen-bond acceptors (Lipinski definition) is 1. The highest BCUT2D eigenvalue weighted by molar-refractivity contribution is 7.99. The smallest absolute Gasteiger partial charge is 0.0461 e. The Bertz CT molecular complexity index is 568. The van der Waals surface area contributed by atoms with Gasteiger partial charge < -0.3 is 0 Å². The summed E-state index contributed by atoms with van der Waals surface area (Å²) in [6, 6.07) is 10.4. The van der Waals surface area contributed by atoms with Crippen LogP contribution < -0.4 is 0 Å². The quantitative estimate of drug-likeness (QED) is 0.648. The minimum absolute atomic E-state index is 0.717. The summed E-state index contributed by atoms with van der Waals surface area (Å²) in [5.74, 6) is 0. The number of halogens is 2. The summed E-state index contributed by atoms with van der Waals surface area (Å²) in [7, 11) is 0. The Balaban J connectivity index is 2.34. The van der Waals surface area contributed by atoms with Crippen LogP contribution in [0.3, 0.4) is 0 Å². The fraction of sp³-hybridized carbons (Fsp3) is 0.200. The van der Waals surface area contributed by atoms with Crippen LogP contribution in [-0.4, -0.2) is 0 Å². The molecular formula is C15H14Cl2S. The standard InChI is InChI=1S/C15H14Cl2S/c1-9-4-5-15(10(2)6-9)18-12-7-13(16)11(3)14(17)8-12/h4-8H,1-3H3. The molecule has 3 heteroatoms. The van der Waals surface area contributed by atoms with Crippen molar-refractivity contribution < 1.29 is 0 Å². The molecule has 2 aromatic carbocycles. The van der Waals surface area contributed by atoms with Crippen molar-refractivity contribution in [1.29, 1.82) is 0 Å². The van der Waals surface area contributed by atoms with Crippen LogP contribution in [0.25, 0.3) is 0 Å². The van der Waals surface area contributed by atoms with Crippen molar-refractivity contribution in [3.63, 3.8) is 0 Å². The number of rotatable bonds is 2. The van der Waals surface area contributed by atoms with E-state index in [4.69, 9.17) is 23.2 Å². The number of hydrogen-bond donors (Lipinski definition) is 0. The lowest BCUT2D eigenvalue weighted by Crippen LogP contribution is -1.84. The van der Waals surface area contributed by atoms with E-state index in [0.717, 1.165) is 20.5 Å². The third-order valence-electron chi connectivity index (χ3n) is 2.81. The fourth-order valence-corrected chi connectivity index (χ4v) is 3.30. The van der Waals surface area contributed by atoms with Crippen molar-refractivity contribution in [2.24, 2.45) is 0 Å². The monoisotopic (exact) mass is 296 g/mol. The first-order valence-corrected chi connectivity index (χ1v) is 7.25. The highest BCUT2D eigenvalue weighted by atomic mass is 35.5. The predicted octanol–water partition coefficient (Wildman–Crippen LogP) is 6.07. The van der Waals surface area contributed by atoms with Crippen molar-refractivity contribution in [3.8, 4) is 0 Å². The van der Waals surface area contributed by atoms with Gasteiger partial charge >= 0.3 is 0 Å². The molecule has 0 heterocycles. The van der Waals surface area contributed by atoms with Crippen molar-refractivity contribution in [2.75, 3.05) is 0 Å². The van der Waals surface area contributed by atoms with E-state index >= 15 is 0 Å². The van der Waals surface area contributed by atoms with Crippen LogP contribution in [0.2, 0.25) is 10.0 Å². The first-order chi connectivity index (χ1) is 8.47. The van der Waals surface area contributed by atoms with Crippen molar-refractivity contribution in [3.05, 3.63) is 57.1 Å². The van der Waals surface area contributed by atoms with E-state index in [-0.39, 0.29) is 0 Å². The van der Waals surface area contributed by atoms with Gasteiger partial charge in [0.15, 0.2) is 0 Å². The molecule has 18 heavy (non-hydrogen) atoms. The maximum atomic E-state index is 6.15. The Kier molecular flexibility index (Phi) is 4.26. The molecule has 2 rings (SSSR count). The zero-order valence-electron chi connectivity index (χ0n) is 10.6. The molecule has 0 fully saturated rings. The summed E-state index contributed by atoms with van der Waals surface area (Å²) in [6.07, 6.45) is 0. The van der Waals surface area contributed by atoms with E-state index in [0.29, 0.717) is 0 Å². The van der Waals surface area contributed by atoms with Gasteiger partial charge in [-0.25, -0.2) is 0 Å². The van der Waals surface area contributed by atoms with Crippen LogP contribution in [-0.2, 0) is 0 Å². The Labute approximate surface area is 122 Å². The van der Waals surface area contributed by atoms with E-state index in [1.807, 2.05) is 19.1 Å². The van der Waals surface area contributed by atoms with E-state index in [2.05, 4.69) is 32.0 Å². The van der Waals surface area contributed by atoms with Gasteiger partial charge in [-0.3, -0.25) is 0 Å². The first kappa shape index (κ1) is 13.8. The number of aryl methyl sites for hydroxylation is 2. The second-order valence-corrected chi connectivity index (χ2v) is 6.31. The largest absolute Gasteiger partial charge is 0.0897 e. The third-order valence-corrected chi connectivity index (χ3v) is 4.75. The Hall–Kier alpha value is -0.630. The van der Waals surface area contributed by atoms with Gasteiger partial charge in [0.2, 0.25) is 0 Å². The highest BCUT2D eigenvalue weighted by Crippen LogP contribution is 2.35. The highest BCUT2D eigenvalue weighted by Gasteiger charge is 2.07. The predicted molar refractivity (Wildman–Crippen MR) is 81.2 cm³/mol. The summed E-state index contributed by atoms with van der Waals surface area (Å²) in [5.41, 5.74) is 3.48. The molecule has 0 nitrogen and oxygen atoms in total. The molecule has 0 bridgehead atoms. The molecule has 0 saturated heterocycles. The van der Waals surface area contributed by atoms with E-state index in [1.165, 1.54) is 16.0 Å². The van der Waals surface area contributed by atoms with Gasteiger partial charge in [-0.2, -0.15) is 0 Å². The van der Waals surface area contributed by atoms with Gasteiger partial charge in [-0.15, -0.1) is 0 Å². The summed E-state index contributed by atoms with van der Waals surface area (Å²) in [4.78, 5) is 2.30. The van der Waals surface area contributed by atoms with Crippen LogP contribution in [0.1, 0.15) is 16.7 Å². The Morgan fingerprint density at radius 2 is 1.50 bits per heavy atom. The lowest BCUT2D eigenvalue weighted by molar-refractivity contribution is 1.25. The SMILES string of the molecule is Cc1ccc(Sc2cc(Cl)c(C)c(Cl)c2)c(C)c1. The summed E-state index contributed by atoms with van der Waals surface area (Å²) >= 11 is 14.0. The maximum absolute atomic E-state index is 6.15. The van der Waals surface area contributed by atoms with Crippen molar-refractivity contribution in [1.82, 2.24) is 0 Å². The molecule has 0 unspecified atom stereocenters. The average molecular weight is 297 g/mol. The summed E-state index contributed by atoms with van der Waals surface area (Å²) in [6.45, 7) is 6.14. The average Bonchev–Trinajstić information content (AvgIpc) is 2.29. The molecule has 0 aliphatic carbocycles. The van der Waals surface area contributed by atoms with E-state index in [9.17, 15) is 0 Å². The maximum Gasteiger partial charge on any atom is 0.0461 e. The van der Waals surface area contributed by atoms with Gasteiger partial charge in [0.25, 0.3) is 0 Å². The van der Waals surface area contributed by atoms with Gasteiger partial charge in [-0.05, 0) is 50.1 Å². The lowest BCUT2D eigenvalue weighted by atomic mass is 10.2. The Morgan fingerprint density at radius 3 is 2.06 bits per heavy atom. The van der Waals surface area contributed by atoms with Crippen LogP contribution in [0.15, 0.2) is 40.1 Å². The normalized spacial score (nSPS) is 10.7. The van der Waals surface area contributed by atoms with Gasteiger partial charge in [0.1, 0.15) is 0 Å². The molecule has 94 valence electrons.